The average molecular weight is 254 g/mol. The quantitative estimate of drug-likeness (QED) is 0.910. The molecule has 0 amide bonds. The second-order valence-electron chi connectivity index (χ2n) is 4.70. The minimum Gasteiger partial charge on any atom is -0.354 e. The molecule has 19 heavy (non-hydrogen) atoms. The molecular weight excluding hydrogens is 236 g/mol. The van der Waals surface area contributed by atoms with E-state index in [0.717, 1.165) is 31.7 Å². The van der Waals surface area contributed by atoms with Gasteiger partial charge in [-0.1, -0.05) is 25.1 Å². The lowest BCUT2D eigenvalue weighted by Gasteiger charge is -2.18. The van der Waals surface area contributed by atoms with Crippen molar-refractivity contribution < 1.29 is 0 Å². The zero-order valence-electron chi connectivity index (χ0n) is 11.1. The van der Waals surface area contributed by atoms with Gasteiger partial charge in [0.15, 0.2) is 0 Å². The minimum absolute atomic E-state index is 0.712. The number of benzene rings is 1. The van der Waals surface area contributed by atoms with E-state index in [1.807, 2.05) is 12.3 Å². The van der Waals surface area contributed by atoms with E-state index in [1.165, 1.54) is 11.3 Å². The van der Waals surface area contributed by atoms with E-state index in [4.69, 9.17) is 0 Å². The van der Waals surface area contributed by atoms with Crippen LogP contribution < -0.4 is 10.2 Å². The van der Waals surface area contributed by atoms with Crippen LogP contribution in [0.1, 0.15) is 18.9 Å². The number of hydrogen-bond donors (Lipinski definition) is 1. The van der Waals surface area contributed by atoms with Crippen molar-refractivity contribution in [1.29, 1.82) is 0 Å². The molecule has 0 saturated heterocycles. The monoisotopic (exact) mass is 254 g/mol. The Hall–Kier alpha value is -2.10. The van der Waals surface area contributed by atoms with Gasteiger partial charge in [-0.05, 0) is 30.5 Å². The predicted octanol–water partition coefficient (Wildman–Crippen LogP) is 2.99. The van der Waals surface area contributed by atoms with Crippen molar-refractivity contribution in [3.05, 3.63) is 42.1 Å². The standard InChI is InChI=1S/C15H18N4/c1-2-9-16-15-17-10-7-14(18-15)19-11-8-12-5-3-4-6-13(12)19/h3-7,10H,2,8-9,11H2,1H3,(H,16,17,18). The Morgan fingerprint density at radius 3 is 3.05 bits per heavy atom. The van der Waals surface area contributed by atoms with Crippen LogP contribution in [-0.2, 0) is 6.42 Å². The van der Waals surface area contributed by atoms with Gasteiger partial charge in [0.05, 0.1) is 0 Å². The summed E-state index contributed by atoms with van der Waals surface area (Å²) in [4.78, 5) is 11.1. The molecule has 1 aromatic carbocycles. The van der Waals surface area contributed by atoms with Crippen molar-refractivity contribution in [2.75, 3.05) is 23.3 Å². The molecule has 0 spiro atoms. The first-order chi connectivity index (χ1) is 9.38. The molecule has 0 aliphatic carbocycles. The zero-order valence-corrected chi connectivity index (χ0v) is 11.1. The van der Waals surface area contributed by atoms with E-state index >= 15 is 0 Å². The van der Waals surface area contributed by atoms with E-state index in [1.54, 1.807) is 0 Å². The van der Waals surface area contributed by atoms with Crippen molar-refractivity contribution in [3.63, 3.8) is 0 Å². The van der Waals surface area contributed by atoms with Crippen LogP contribution in [0, 0.1) is 0 Å². The van der Waals surface area contributed by atoms with Gasteiger partial charge in [-0.25, -0.2) is 4.98 Å². The van der Waals surface area contributed by atoms with Gasteiger partial charge in [0.2, 0.25) is 5.95 Å². The fraction of sp³-hybridized carbons (Fsp3) is 0.333. The molecule has 0 atom stereocenters. The molecule has 2 heterocycles. The highest BCUT2D eigenvalue weighted by molar-refractivity contribution is 5.67. The number of nitrogens with one attached hydrogen (secondary N) is 1. The Kier molecular flexibility index (Phi) is 3.31. The maximum absolute atomic E-state index is 4.59. The third-order valence-electron chi connectivity index (χ3n) is 3.34. The van der Waals surface area contributed by atoms with Crippen LogP contribution in [0.4, 0.5) is 17.5 Å². The third-order valence-corrected chi connectivity index (χ3v) is 3.34. The van der Waals surface area contributed by atoms with Gasteiger partial charge in [-0.3, -0.25) is 0 Å². The maximum atomic E-state index is 4.59. The van der Waals surface area contributed by atoms with Crippen LogP contribution in [0.3, 0.4) is 0 Å². The molecule has 0 saturated carbocycles. The molecule has 2 aromatic rings. The van der Waals surface area contributed by atoms with E-state index in [9.17, 15) is 0 Å². The zero-order chi connectivity index (χ0) is 13.1. The normalized spacial score (nSPS) is 13.4. The molecule has 3 rings (SSSR count). The molecule has 0 radical (unpaired) electrons. The van der Waals surface area contributed by atoms with E-state index in [2.05, 4.69) is 51.4 Å². The Balaban J connectivity index is 1.87. The Bertz CT molecular complexity index is 568. The number of fused-ring (bicyclic) bond motifs is 1. The number of rotatable bonds is 4. The summed E-state index contributed by atoms with van der Waals surface area (Å²) < 4.78 is 0. The Labute approximate surface area is 113 Å². The molecule has 1 aromatic heterocycles. The number of anilines is 3. The second kappa shape index (κ2) is 5.26. The van der Waals surface area contributed by atoms with Crippen LogP contribution in [0.15, 0.2) is 36.5 Å². The van der Waals surface area contributed by atoms with Gasteiger partial charge in [0.1, 0.15) is 5.82 Å². The predicted molar refractivity (Wildman–Crippen MR) is 78.0 cm³/mol. The summed E-state index contributed by atoms with van der Waals surface area (Å²) in [6, 6.07) is 10.5. The molecule has 4 nitrogen and oxygen atoms in total. The van der Waals surface area contributed by atoms with Crippen LogP contribution in [-0.4, -0.2) is 23.1 Å². The molecule has 98 valence electrons. The molecule has 4 heteroatoms. The van der Waals surface area contributed by atoms with Crippen LogP contribution >= 0.6 is 0 Å². The van der Waals surface area contributed by atoms with Crippen LogP contribution in [0.2, 0.25) is 0 Å². The topological polar surface area (TPSA) is 41.1 Å². The van der Waals surface area contributed by atoms with Crippen molar-refractivity contribution in [3.8, 4) is 0 Å². The van der Waals surface area contributed by atoms with Crippen molar-refractivity contribution in [1.82, 2.24) is 9.97 Å². The highest BCUT2D eigenvalue weighted by Crippen LogP contribution is 2.33. The van der Waals surface area contributed by atoms with Crippen molar-refractivity contribution in [2.45, 2.75) is 19.8 Å². The van der Waals surface area contributed by atoms with Gasteiger partial charge in [-0.2, -0.15) is 4.98 Å². The molecular formula is C15H18N4. The smallest absolute Gasteiger partial charge is 0.224 e. The summed E-state index contributed by atoms with van der Waals surface area (Å²) in [6.45, 7) is 4.02. The lowest BCUT2D eigenvalue weighted by atomic mass is 10.2. The van der Waals surface area contributed by atoms with Gasteiger partial charge in [0.25, 0.3) is 0 Å². The Morgan fingerprint density at radius 1 is 1.26 bits per heavy atom. The second-order valence-corrected chi connectivity index (χ2v) is 4.70. The van der Waals surface area contributed by atoms with Gasteiger partial charge < -0.3 is 10.2 Å². The average Bonchev–Trinajstić information content (AvgIpc) is 2.89. The summed E-state index contributed by atoms with van der Waals surface area (Å²) in [5, 5.41) is 3.23. The molecule has 1 aliphatic heterocycles. The minimum atomic E-state index is 0.712. The molecule has 0 unspecified atom stereocenters. The fourth-order valence-electron chi connectivity index (χ4n) is 2.40. The SMILES string of the molecule is CCCNc1nccc(N2CCc3ccccc32)n1. The number of para-hydroxylation sites is 1. The lowest BCUT2D eigenvalue weighted by molar-refractivity contribution is 0.933. The van der Waals surface area contributed by atoms with E-state index in [-0.39, 0.29) is 0 Å². The highest BCUT2D eigenvalue weighted by Gasteiger charge is 2.20. The molecule has 1 aliphatic rings. The number of nitrogens with zero attached hydrogens (tertiary/aromatic N) is 3. The first kappa shape index (κ1) is 12.0. The Morgan fingerprint density at radius 2 is 2.16 bits per heavy atom. The first-order valence-electron chi connectivity index (χ1n) is 6.81. The first-order valence-corrected chi connectivity index (χ1v) is 6.81. The number of aromatic nitrogens is 2. The largest absolute Gasteiger partial charge is 0.354 e. The van der Waals surface area contributed by atoms with Crippen molar-refractivity contribution in [2.24, 2.45) is 0 Å². The maximum Gasteiger partial charge on any atom is 0.224 e. The van der Waals surface area contributed by atoms with E-state index in [0.29, 0.717) is 5.95 Å². The number of hydrogen-bond acceptors (Lipinski definition) is 4. The third kappa shape index (κ3) is 2.38. The summed E-state index contributed by atoms with van der Waals surface area (Å²) in [7, 11) is 0. The molecule has 1 N–H and O–H groups in total. The summed E-state index contributed by atoms with van der Waals surface area (Å²) in [5.74, 6) is 1.68. The highest BCUT2D eigenvalue weighted by atomic mass is 15.2. The van der Waals surface area contributed by atoms with Crippen molar-refractivity contribution >= 4 is 17.5 Å². The lowest BCUT2D eigenvalue weighted by Crippen LogP contribution is -2.16. The summed E-state index contributed by atoms with van der Waals surface area (Å²) >= 11 is 0. The molecule has 0 bridgehead atoms. The molecule has 0 fully saturated rings. The summed E-state index contributed by atoms with van der Waals surface area (Å²) in [5.41, 5.74) is 2.66. The van der Waals surface area contributed by atoms with Crippen LogP contribution in [0.25, 0.3) is 0 Å². The van der Waals surface area contributed by atoms with Gasteiger partial charge in [0, 0.05) is 25.0 Å². The fourth-order valence-corrected chi connectivity index (χ4v) is 2.40. The van der Waals surface area contributed by atoms with Gasteiger partial charge >= 0.3 is 0 Å². The van der Waals surface area contributed by atoms with Crippen LogP contribution in [0.5, 0.6) is 0 Å². The van der Waals surface area contributed by atoms with E-state index < -0.39 is 0 Å². The summed E-state index contributed by atoms with van der Waals surface area (Å²) in [6.07, 6.45) is 3.97. The van der Waals surface area contributed by atoms with Gasteiger partial charge in [-0.15, -0.1) is 0 Å².